The van der Waals surface area contributed by atoms with Gasteiger partial charge in [-0.05, 0) is 52.7 Å². The van der Waals surface area contributed by atoms with E-state index in [2.05, 4.69) is 35.1 Å². The Morgan fingerprint density at radius 1 is 1.11 bits per heavy atom. The topological polar surface area (TPSA) is 12.0 Å². The molecular formula is C14H18BrCl2N. The van der Waals surface area contributed by atoms with Gasteiger partial charge < -0.3 is 5.32 Å². The van der Waals surface area contributed by atoms with Crippen LogP contribution >= 0.6 is 39.1 Å². The SMILES string of the molecule is CC1CCCC(C)C1Nc1ccc(Br)c(Cl)c1Cl. The summed E-state index contributed by atoms with van der Waals surface area (Å²) in [5, 5.41) is 4.77. The monoisotopic (exact) mass is 349 g/mol. The van der Waals surface area contributed by atoms with Crippen LogP contribution in [-0.2, 0) is 0 Å². The van der Waals surface area contributed by atoms with Gasteiger partial charge in [0.2, 0.25) is 0 Å². The maximum absolute atomic E-state index is 6.29. The van der Waals surface area contributed by atoms with E-state index in [-0.39, 0.29) is 0 Å². The van der Waals surface area contributed by atoms with Gasteiger partial charge in [0.25, 0.3) is 0 Å². The Kier molecular flexibility index (Phi) is 4.85. The maximum atomic E-state index is 6.29. The van der Waals surface area contributed by atoms with Crippen LogP contribution in [0.3, 0.4) is 0 Å². The smallest absolute Gasteiger partial charge is 0.0835 e. The van der Waals surface area contributed by atoms with Crippen LogP contribution in [0.15, 0.2) is 16.6 Å². The molecule has 0 amide bonds. The van der Waals surface area contributed by atoms with Crippen LogP contribution in [0, 0.1) is 11.8 Å². The van der Waals surface area contributed by atoms with Crippen LogP contribution in [0.4, 0.5) is 5.69 Å². The quantitative estimate of drug-likeness (QED) is 0.645. The summed E-state index contributed by atoms with van der Waals surface area (Å²) in [4.78, 5) is 0. The number of hydrogen-bond acceptors (Lipinski definition) is 1. The van der Waals surface area contributed by atoms with E-state index in [4.69, 9.17) is 23.2 Å². The predicted octanol–water partition coefficient (Wildman–Crippen LogP) is 5.99. The first-order valence-corrected chi connectivity index (χ1v) is 7.95. The van der Waals surface area contributed by atoms with Gasteiger partial charge in [0.15, 0.2) is 0 Å². The van der Waals surface area contributed by atoms with Crippen LogP contribution in [-0.4, -0.2) is 6.04 Å². The molecule has 0 aromatic heterocycles. The summed E-state index contributed by atoms with van der Waals surface area (Å²) >= 11 is 15.8. The molecule has 1 aromatic carbocycles. The van der Waals surface area contributed by atoms with Crippen molar-refractivity contribution in [1.82, 2.24) is 0 Å². The number of anilines is 1. The van der Waals surface area contributed by atoms with E-state index in [1.165, 1.54) is 19.3 Å². The molecule has 100 valence electrons. The van der Waals surface area contributed by atoms with Gasteiger partial charge in [0.1, 0.15) is 0 Å². The van der Waals surface area contributed by atoms with Gasteiger partial charge in [-0.2, -0.15) is 0 Å². The first kappa shape index (κ1) is 14.5. The highest BCUT2D eigenvalue weighted by molar-refractivity contribution is 9.10. The molecule has 0 saturated heterocycles. The molecule has 0 spiro atoms. The average Bonchev–Trinajstić information content (AvgIpc) is 2.34. The van der Waals surface area contributed by atoms with E-state index in [1.54, 1.807) is 0 Å². The van der Waals surface area contributed by atoms with Crippen molar-refractivity contribution in [3.8, 4) is 0 Å². The highest BCUT2D eigenvalue weighted by Crippen LogP contribution is 2.38. The molecule has 1 saturated carbocycles. The van der Waals surface area contributed by atoms with Crippen molar-refractivity contribution in [3.63, 3.8) is 0 Å². The number of nitrogens with one attached hydrogen (secondary N) is 1. The van der Waals surface area contributed by atoms with Crippen molar-refractivity contribution >= 4 is 44.8 Å². The second-order valence-electron chi connectivity index (χ2n) is 5.28. The first-order valence-electron chi connectivity index (χ1n) is 6.40. The van der Waals surface area contributed by atoms with Crippen LogP contribution in [0.25, 0.3) is 0 Å². The molecule has 1 aliphatic rings. The molecule has 0 radical (unpaired) electrons. The lowest BCUT2D eigenvalue weighted by molar-refractivity contribution is 0.268. The van der Waals surface area contributed by atoms with E-state index in [0.717, 1.165) is 10.2 Å². The van der Waals surface area contributed by atoms with Crippen molar-refractivity contribution in [2.45, 2.75) is 39.2 Å². The summed E-state index contributed by atoms with van der Waals surface area (Å²) in [6.07, 6.45) is 3.89. The van der Waals surface area contributed by atoms with E-state index in [1.807, 2.05) is 12.1 Å². The van der Waals surface area contributed by atoms with Crippen LogP contribution in [0.2, 0.25) is 10.0 Å². The second kappa shape index (κ2) is 6.02. The average molecular weight is 351 g/mol. The van der Waals surface area contributed by atoms with Crippen LogP contribution in [0.1, 0.15) is 33.1 Å². The van der Waals surface area contributed by atoms with E-state index < -0.39 is 0 Å². The first-order chi connectivity index (χ1) is 8.50. The number of hydrogen-bond donors (Lipinski definition) is 1. The minimum absolute atomic E-state index is 0.480. The van der Waals surface area contributed by atoms with Gasteiger partial charge >= 0.3 is 0 Å². The van der Waals surface area contributed by atoms with Crippen LogP contribution in [0.5, 0.6) is 0 Å². The molecule has 0 heterocycles. The minimum atomic E-state index is 0.480. The summed E-state index contributed by atoms with van der Waals surface area (Å²) in [5.74, 6) is 1.35. The van der Waals surface area contributed by atoms with Crippen LogP contribution < -0.4 is 5.32 Å². The van der Waals surface area contributed by atoms with Crippen molar-refractivity contribution in [3.05, 3.63) is 26.7 Å². The van der Waals surface area contributed by atoms with E-state index >= 15 is 0 Å². The Balaban J connectivity index is 2.20. The minimum Gasteiger partial charge on any atom is -0.381 e. The highest BCUT2D eigenvalue weighted by Gasteiger charge is 2.28. The zero-order valence-electron chi connectivity index (χ0n) is 10.6. The van der Waals surface area contributed by atoms with E-state index in [9.17, 15) is 0 Å². The molecule has 1 fully saturated rings. The Morgan fingerprint density at radius 2 is 1.72 bits per heavy atom. The fraction of sp³-hybridized carbons (Fsp3) is 0.571. The fourth-order valence-electron chi connectivity index (χ4n) is 2.78. The Hall–Kier alpha value is 0.0800. The molecule has 1 N–H and O–H groups in total. The van der Waals surface area contributed by atoms with E-state index in [0.29, 0.717) is 27.9 Å². The molecule has 1 aromatic rings. The normalized spacial score (nSPS) is 28.2. The molecule has 1 aliphatic carbocycles. The van der Waals surface area contributed by atoms with Gasteiger partial charge in [-0.1, -0.05) is 43.5 Å². The zero-order chi connectivity index (χ0) is 13.3. The third kappa shape index (κ3) is 2.97. The zero-order valence-corrected chi connectivity index (χ0v) is 13.7. The Morgan fingerprint density at radius 3 is 2.33 bits per heavy atom. The molecule has 18 heavy (non-hydrogen) atoms. The lowest BCUT2D eigenvalue weighted by atomic mass is 9.78. The van der Waals surface area contributed by atoms with Crippen molar-refractivity contribution in [2.75, 3.05) is 5.32 Å². The summed E-state index contributed by atoms with van der Waals surface area (Å²) in [6.45, 7) is 4.61. The number of halogens is 3. The molecule has 2 atom stereocenters. The molecule has 4 heteroatoms. The molecule has 0 aliphatic heterocycles. The van der Waals surface area contributed by atoms with Gasteiger partial charge in [-0.25, -0.2) is 0 Å². The number of benzene rings is 1. The largest absolute Gasteiger partial charge is 0.381 e. The summed E-state index contributed by atoms with van der Waals surface area (Å²) in [5.41, 5.74) is 0.940. The number of rotatable bonds is 2. The van der Waals surface area contributed by atoms with Crippen molar-refractivity contribution in [1.29, 1.82) is 0 Å². The molecule has 0 bridgehead atoms. The summed E-state index contributed by atoms with van der Waals surface area (Å²) in [7, 11) is 0. The fourth-order valence-corrected chi connectivity index (χ4v) is 3.61. The summed E-state index contributed by atoms with van der Waals surface area (Å²) < 4.78 is 0.837. The van der Waals surface area contributed by atoms with Gasteiger partial charge in [-0.3, -0.25) is 0 Å². The lowest BCUT2D eigenvalue weighted by Gasteiger charge is -2.36. The van der Waals surface area contributed by atoms with Gasteiger partial charge in [-0.15, -0.1) is 0 Å². The Bertz CT molecular complexity index is 426. The van der Waals surface area contributed by atoms with Crippen molar-refractivity contribution < 1.29 is 0 Å². The molecule has 2 unspecified atom stereocenters. The molecule has 1 nitrogen and oxygen atoms in total. The second-order valence-corrected chi connectivity index (χ2v) is 6.89. The van der Waals surface area contributed by atoms with Gasteiger partial charge in [0.05, 0.1) is 15.7 Å². The van der Waals surface area contributed by atoms with Gasteiger partial charge in [0, 0.05) is 10.5 Å². The Labute approximate surface area is 127 Å². The molecular weight excluding hydrogens is 333 g/mol. The molecule has 2 rings (SSSR count). The highest BCUT2D eigenvalue weighted by atomic mass is 79.9. The van der Waals surface area contributed by atoms with Crippen molar-refractivity contribution in [2.24, 2.45) is 11.8 Å². The third-order valence-corrected chi connectivity index (χ3v) is 5.67. The summed E-state index contributed by atoms with van der Waals surface area (Å²) in [6, 6.07) is 4.41. The predicted molar refractivity (Wildman–Crippen MR) is 83.8 cm³/mol. The third-order valence-electron chi connectivity index (χ3n) is 3.90. The lowest BCUT2D eigenvalue weighted by Crippen LogP contribution is -2.37. The maximum Gasteiger partial charge on any atom is 0.0835 e. The standard InChI is InChI=1S/C14H18BrCl2N/c1-8-4-3-5-9(2)14(8)18-11-7-6-10(15)12(16)13(11)17/h6-9,14,18H,3-5H2,1-2H3.